The molecule has 0 aliphatic rings. The molecule has 2 aromatic rings. The molecule has 1 atom stereocenters. The highest BCUT2D eigenvalue weighted by Crippen LogP contribution is 2.30. The van der Waals surface area contributed by atoms with Crippen LogP contribution in [0.2, 0.25) is 0 Å². The summed E-state index contributed by atoms with van der Waals surface area (Å²) in [4.78, 5) is 16.2. The minimum atomic E-state index is -4.46. The first-order valence-corrected chi connectivity index (χ1v) is 7.50. The summed E-state index contributed by atoms with van der Waals surface area (Å²) < 4.78 is 38.1. The lowest BCUT2D eigenvalue weighted by atomic mass is 10.2. The molecule has 0 radical (unpaired) electrons. The Morgan fingerprint density at radius 2 is 1.96 bits per heavy atom. The zero-order valence-corrected chi connectivity index (χ0v) is 13.3. The summed E-state index contributed by atoms with van der Waals surface area (Å²) in [5, 5.41) is 5.65. The van der Waals surface area contributed by atoms with Gasteiger partial charge in [-0.05, 0) is 43.7 Å². The molecule has 0 saturated carbocycles. The van der Waals surface area contributed by atoms with E-state index in [2.05, 4.69) is 15.6 Å². The second kappa shape index (κ2) is 7.33. The highest BCUT2D eigenvalue weighted by Gasteiger charge is 2.30. The van der Waals surface area contributed by atoms with Crippen molar-refractivity contribution in [1.29, 1.82) is 0 Å². The largest absolute Gasteiger partial charge is 0.416 e. The van der Waals surface area contributed by atoms with Gasteiger partial charge in [-0.1, -0.05) is 13.0 Å². The SMILES string of the molecule is CCC(C)Nc1ccnc(C(=O)Nc2cccc(C(F)(F)F)c2)c1. The fraction of sp³-hybridized carbons (Fsp3) is 0.294. The number of pyridine rings is 1. The van der Waals surface area contributed by atoms with Gasteiger partial charge in [-0.2, -0.15) is 13.2 Å². The molecule has 4 nitrogen and oxygen atoms in total. The summed E-state index contributed by atoms with van der Waals surface area (Å²) in [6.45, 7) is 4.03. The van der Waals surface area contributed by atoms with Gasteiger partial charge in [0.15, 0.2) is 0 Å². The van der Waals surface area contributed by atoms with Crippen LogP contribution in [0.25, 0.3) is 0 Å². The van der Waals surface area contributed by atoms with E-state index in [9.17, 15) is 18.0 Å². The fourth-order valence-corrected chi connectivity index (χ4v) is 2.00. The Morgan fingerprint density at radius 3 is 2.62 bits per heavy atom. The average molecular weight is 337 g/mol. The van der Waals surface area contributed by atoms with Crippen LogP contribution in [0.1, 0.15) is 36.3 Å². The van der Waals surface area contributed by atoms with Crippen LogP contribution >= 0.6 is 0 Å². The molecular formula is C17H18F3N3O. The second-order valence-electron chi connectivity index (χ2n) is 5.42. The fourth-order valence-electron chi connectivity index (χ4n) is 2.00. The lowest BCUT2D eigenvalue weighted by Crippen LogP contribution is -2.17. The average Bonchev–Trinajstić information content (AvgIpc) is 2.54. The van der Waals surface area contributed by atoms with Gasteiger partial charge in [-0.25, -0.2) is 0 Å². The van der Waals surface area contributed by atoms with Crippen LogP contribution in [0.4, 0.5) is 24.5 Å². The number of anilines is 2. The smallest absolute Gasteiger partial charge is 0.382 e. The summed E-state index contributed by atoms with van der Waals surface area (Å²) in [5.41, 5.74) is 0.103. The Labute approximate surface area is 138 Å². The Kier molecular flexibility index (Phi) is 5.43. The summed E-state index contributed by atoms with van der Waals surface area (Å²) in [6.07, 6.45) is -2.07. The van der Waals surface area contributed by atoms with E-state index in [1.165, 1.54) is 18.3 Å². The minimum absolute atomic E-state index is 0.0666. The van der Waals surface area contributed by atoms with Crippen molar-refractivity contribution in [1.82, 2.24) is 4.98 Å². The molecule has 1 aromatic carbocycles. The number of alkyl halides is 3. The molecule has 0 aliphatic carbocycles. The lowest BCUT2D eigenvalue weighted by molar-refractivity contribution is -0.137. The monoisotopic (exact) mass is 337 g/mol. The highest BCUT2D eigenvalue weighted by atomic mass is 19.4. The summed E-state index contributed by atoms with van der Waals surface area (Å²) in [7, 11) is 0. The first-order chi connectivity index (χ1) is 11.3. The predicted molar refractivity (Wildman–Crippen MR) is 87.0 cm³/mol. The Morgan fingerprint density at radius 1 is 1.21 bits per heavy atom. The van der Waals surface area contributed by atoms with Crippen LogP contribution in [0.5, 0.6) is 0 Å². The van der Waals surface area contributed by atoms with E-state index in [-0.39, 0.29) is 17.4 Å². The van der Waals surface area contributed by atoms with Crippen LogP contribution < -0.4 is 10.6 Å². The van der Waals surface area contributed by atoms with Crippen molar-refractivity contribution in [3.63, 3.8) is 0 Å². The van der Waals surface area contributed by atoms with Crippen molar-refractivity contribution >= 4 is 17.3 Å². The Bertz CT molecular complexity index is 716. The first kappa shape index (κ1) is 17.8. The van der Waals surface area contributed by atoms with E-state index in [1.807, 2.05) is 13.8 Å². The van der Waals surface area contributed by atoms with Crippen molar-refractivity contribution in [2.45, 2.75) is 32.5 Å². The molecule has 0 aliphatic heterocycles. The van der Waals surface area contributed by atoms with Crippen molar-refractivity contribution in [2.24, 2.45) is 0 Å². The molecule has 2 N–H and O–H groups in total. The van der Waals surface area contributed by atoms with Gasteiger partial charge in [0.05, 0.1) is 5.56 Å². The standard InChI is InChI=1S/C17H18F3N3O/c1-3-11(2)22-14-7-8-21-15(10-14)16(24)23-13-6-4-5-12(9-13)17(18,19)20/h4-11H,3H2,1-2H3,(H,21,22)(H,23,24). The molecule has 1 aromatic heterocycles. The molecule has 128 valence electrons. The van der Waals surface area contributed by atoms with E-state index in [0.29, 0.717) is 0 Å². The number of hydrogen-bond acceptors (Lipinski definition) is 3. The van der Waals surface area contributed by atoms with E-state index >= 15 is 0 Å². The molecule has 1 unspecified atom stereocenters. The molecule has 24 heavy (non-hydrogen) atoms. The third-order valence-electron chi connectivity index (χ3n) is 3.47. The maximum Gasteiger partial charge on any atom is 0.416 e. The number of nitrogens with zero attached hydrogens (tertiary/aromatic N) is 1. The van der Waals surface area contributed by atoms with Crippen molar-refractivity contribution in [2.75, 3.05) is 10.6 Å². The van der Waals surface area contributed by atoms with Gasteiger partial charge in [-0.3, -0.25) is 9.78 Å². The minimum Gasteiger partial charge on any atom is -0.382 e. The van der Waals surface area contributed by atoms with Gasteiger partial charge in [0.25, 0.3) is 5.91 Å². The van der Waals surface area contributed by atoms with Gasteiger partial charge < -0.3 is 10.6 Å². The summed E-state index contributed by atoms with van der Waals surface area (Å²) in [5.74, 6) is -0.567. The number of halogens is 3. The summed E-state index contributed by atoms with van der Waals surface area (Å²) >= 11 is 0. The van der Waals surface area contributed by atoms with Gasteiger partial charge in [0, 0.05) is 23.6 Å². The van der Waals surface area contributed by atoms with Crippen molar-refractivity contribution in [3.05, 3.63) is 53.9 Å². The number of amides is 1. The van der Waals surface area contributed by atoms with E-state index in [1.54, 1.807) is 12.1 Å². The number of aromatic nitrogens is 1. The lowest BCUT2D eigenvalue weighted by Gasteiger charge is -2.13. The highest BCUT2D eigenvalue weighted by molar-refractivity contribution is 6.03. The third kappa shape index (κ3) is 4.71. The van der Waals surface area contributed by atoms with Crippen LogP contribution in [-0.2, 0) is 6.18 Å². The molecule has 1 heterocycles. The molecule has 0 fully saturated rings. The van der Waals surface area contributed by atoms with Crippen LogP contribution in [-0.4, -0.2) is 16.9 Å². The zero-order chi connectivity index (χ0) is 17.7. The Hall–Kier alpha value is -2.57. The maximum absolute atomic E-state index is 12.7. The number of rotatable bonds is 5. The number of nitrogens with one attached hydrogen (secondary N) is 2. The van der Waals surface area contributed by atoms with Gasteiger partial charge >= 0.3 is 6.18 Å². The number of carbonyl (C=O) groups excluding carboxylic acids is 1. The second-order valence-corrected chi connectivity index (χ2v) is 5.42. The Balaban J connectivity index is 2.14. The first-order valence-electron chi connectivity index (χ1n) is 7.50. The van der Waals surface area contributed by atoms with E-state index in [0.717, 1.165) is 24.2 Å². The number of benzene rings is 1. The van der Waals surface area contributed by atoms with Crippen LogP contribution in [0.15, 0.2) is 42.6 Å². The molecule has 2 rings (SSSR count). The normalized spacial score (nSPS) is 12.5. The van der Waals surface area contributed by atoms with Crippen molar-refractivity contribution < 1.29 is 18.0 Å². The number of carbonyl (C=O) groups is 1. The van der Waals surface area contributed by atoms with Crippen LogP contribution in [0.3, 0.4) is 0 Å². The molecule has 7 heteroatoms. The summed E-state index contributed by atoms with van der Waals surface area (Å²) in [6, 6.07) is 8.00. The number of hydrogen-bond donors (Lipinski definition) is 2. The zero-order valence-electron chi connectivity index (χ0n) is 13.3. The molecular weight excluding hydrogens is 319 g/mol. The van der Waals surface area contributed by atoms with Crippen molar-refractivity contribution in [3.8, 4) is 0 Å². The van der Waals surface area contributed by atoms with E-state index in [4.69, 9.17) is 0 Å². The van der Waals surface area contributed by atoms with E-state index < -0.39 is 17.6 Å². The predicted octanol–water partition coefficient (Wildman–Crippen LogP) is 4.56. The van der Waals surface area contributed by atoms with Gasteiger partial charge in [0.1, 0.15) is 5.69 Å². The van der Waals surface area contributed by atoms with Gasteiger partial charge in [0.2, 0.25) is 0 Å². The quantitative estimate of drug-likeness (QED) is 0.841. The third-order valence-corrected chi connectivity index (χ3v) is 3.47. The maximum atomic E-state index is 12.7. The van der Waals surface area contributed by atoms with Gasteiger partial charge in [-0.15, -0.1) is 0 Å². The topological polar surface area (TPSA) is 54.0 Å². The molecule has 0 bridgehead atoms. The van der Waals surface area contributed by atoms with Crippen LogP contribution in [0, 0.1) is 0 Å². The molecule has 0 spiro atoms. The molecule has 1 amide bonds. The molecule has 0 saturated heterocycles.